The average Bonchev–Trinajstić information content (AvgIpc) is 2.34. The summed E-state index contributed by atoms with van der Waals surface area (Å²) >= 11 is 0. The number of para-hydroxylation sites is 1. The fourth-order valence-electron chi connectivity index (χ4n) is 2.26. The van der Waals surface area contributed by atoms with Gasteiger partial charge in [0.15, 0.2) is 5.78 Å². The molecule has 0 heterocycles. The van der Waals surface area contributed by atoms with E-state index < -0.39 is 0 Å². The lowest BCUT2D eigenvalue weighted by Gasteiger charge is -2.37. The van der Waals surface area contributed by atoms with Crippen molar-refractivity contribution in [2.45, 2.75) is 44.6 Å². The van der Waals surface area contributed by atoms with E-state index in [1.54, 1.807) is 0 Å². The smallest absolute Gasteiger partial charge is 0.168 e. The predicted molar refractivity (Wildman–Crippen MR) is 71.9 cm³/mol. The van der Waals surface area contributed by atoms with Gasteiger partial charge >= 0.3 is 0 Å². The number of nitrogens with two attached hydrogens (primary N) is 1. The number of ketones is 1. The highest BCUT2D eigenvalue weighted by molar-refractivity contribution is 5.99. The lowest BCUT2D eigenvalue weighted by molar-refractivity contribution is 0.0908. The van der Waals surface area contributed by atoms with Gasteiger partial charge in [0, 0.05) is 12.0 Å². The largest absolute Gasteiger partial charge is 0.493 e. The first-order chi connectivity index (χ1) is 8.64. The Morgan fingerprint density at radius 1 is 1.39 bits per heavy atom. The highest BCUT2D eigenvalue weighted by Crippen LogP contribution is 2.34. The second-order valence-electron chi connectivity index (χ2n) is 5.16. The molecule has 1 aliphatic carbocycles. The molecule has 1 aliphatic rings. The molecule has 0 bridgehead atoms. The number of rotatable bonds is 6. The minimum Gasteiger partial charge on any atom is -0.493 e. The Labute approximate surface area is 108 Å². The molecule has 0 saturated heterocycles. The van der Waals surface area contributed by atoms with Gasteiger partial charge in [0.05, 0.1) is 12.2 Å². The van der Waals surface area contributed by atoms with Crippen LogP contribution >= 0.6 is 0 Å². The number of carbonyl (C=O) groups excluding carboxylic acids is 1. The van der Waals surface area contributed by atoms with E-state index in [0.29, 0.717) is 24.3 Å². The Hall–Kier alpha value is -1.35. The van der Waals surface area contributed by atoms with Crippen LogP contribution < -0.4 is 10.5 Å². The van der Waals surface area contributed by atoms with Crippen LogP contribution in [-0.2, 0) is 0 Å². The molecule has 2 rings (SSSR count). The van der Waals surface area contributed by atoms with Crippen molar-refractivity contribution in [1.82, 2.24) is 0 Å². The van der Waals surface area contributed by atoms with Crippen molar-refractivity contribution in [3.05, 3.63) is 29.8 Å². The van der Waals surface area contributed by atoms with Crippen LogP contribution in [0, 0.1) is 0 Å². The van der Waals surface area contributed by atoms with E-state index in [0.717, 1.165) is 25.7 Å². The van der Waals surface area contributed by atoms with E-state index in [1.165, 1.54) is 0 Å². The van der Waals surface area contributed by atoms with Crippen LogP contribution in [0.2, 0.25) is 0 Å². The molecule has 0 unspecified atom stereocenters. The molecule has 0 aromatic heterocycles. The molecule has 0 spiro atoms. The van der Waals surface area contributed by atoms with Crippen LogP contribution in [0.1, 0.15) is 49.4 Å². The van der Waals surface area contributed by atoms with Crippen LogP contribution in [0.15, 0.2) is 24.3 Å². The molecule has 0 aliphatic heterocycles. The minimum absolute atomic E-state index is 0.101. The number of carbonyl (C=O) groups is 1. The van der Waals surface area contributed by atoms with Crippen molar-refractivity contribution in [3.63, 3.8) is 0 Å². The second-order valence-corrected chi connectivity index (χ2v) is 5.16. The van der Waals surface area contributed by atoms with Crippen molar-refractivity contribution in [2.24, 2.45) is 5.73 Å². The van der Waals surface area contributed by atoms with Gasteiger partial charge in [-0.3, -0.25) is 4.79 Å². The van der Waals surface area contributed by atoms with E-state index >= 15 is 0 Å². The molecule has 3 nitrogen and oxygen atoms in total. The zero-order chi connectivity index (χ0) is 13.0. The molecular weight excluding hydrogens is 226 g/mol. The normalized spacial score (nSPS) is 17.0. The van der Waals surface area contributed by atoms with E-state index in [1.807, 2.05) is 31.2 Å². The van der Waals surface area contributed by atoms with E-state index in [9.17, 15) is 4.79 Å². The van der Waals surface area contributed by atoms with Gasteiger partial charge in [-0.15, -0.1) is 0 Å². The lowest BCUT2D eigenvalue weighted by Crippen LogP contribution is -2.48. The summed E-state index contributed by atoms with van der Waals surface area (Å²) in [6.45, 7) is 2.69. The Kier molecular flexibility index (Phi) is 4.02. The Morgan fingerprint density at radius 2 is 2.11 bits per heavy atom. The summed E-state index contributed by atoms with van der Waals surface area (Å²) in [4.78, 5) is 12.3. The molecule has 1 aromatic rings. The molecule has 0 radical (unpaired) electrons. The van der Waals surface area contributed by atoms with Crippen molar-refractivity contribution in [1.29, 1.82) is 0 Å². The first-order valence-corrected chi connectivity index (χ1v) is 6.68. The molecular formula is C15H21NO2. The molecule has 3 heteroatoms. The van der Waals surface area contributed by atoms with Crippen LogP contribution in [0.5, 0.6) is 5.75 Å². The first kappa shape index (κ1) is 13.1. The first-order valence-electron chi connectivity index (χ1n) is 6.68. The average molecular weight is 247 g/mol. The molecule has 0 atom stereocenters. The summed E-state index contributed by atoms with van der Waals surface area (Å²) in [5.74, 6) is 0.788. The summed E-state index contributed by atoms with van der Waals surface area (Å²) in [6, 6.07) is 7.45. The highest BCUT2D eigenvalue weighted by Gasteiger charge is 2.35. The summed E-state index contributed by atoms with van der Waals surface area (Å²) in [7, 11) is 0. The molecule has 2 N–H and O–H groups in total. The maximum absolute atomic E-state index is 12.3. The molecule has 1 aromatic carbocycles. The van der Waals surface area contributed by atoms with Gasteiger partial charge in [0.2, 0.25) is 0 Å². The standard InChI is InChI=1S/C15H21NO2/c1-2-10-18-14-7-4-3-6-12(14)13(17)11-15(16)8-5-9-15/h3-4,6-7H,2,5,8-11,16H2,1H3. The zero-order valence-corrected chi connectivity index (χ0v) is 10.9. The molecule has 98 valence electrons. The van der Waals surface area contributed by atoms with Crippen LogP contribution in [0.3, 0.4) is 0 Å². The van der Waals surface area contributed by atoms with E-state index in [4.69, 9.17) is 10.5 Å². The Morgan fingerprint density at radius 3 is 2.72 bits per heavy atom. The van der Waals surface area contributed by atoms with Crippen molar-refractivity contribution < 1.29 is 9.53 Å². The number of benzene rings is 1. The molecule has 18 heavy (non-hydrogen) atoms. The van der Waals surface area contributed by atoms with Gasteiger partial charge in [-0.2, -0.15) is 0 Å². The van der Waals surface area contributed by atoms with Gasteiger partial charge in [-0.25, -0.2) is 0 Å². The number of hydrogen-bond acceptors (Lipinski definition) is 3. The SMILES string of the molecule is CCCOc1ccccc1C(=O)CC1(N)CCC1. The third-order valence-electron chi connectivity index (χ3n) is 3.51. The molecule has 1 saturated carbocycles. The molecule has 1 fully saturated rings. The van der Waals surface area contributed by atoms with E-state index in [-0.39, 0.29) is 11.3 Å². The van der Waals surface area contributed by atoms with Gasteiger partial charge in [-0.05, 0) is 37.8 Å². The van der Waals surface area contributed by atoms with Gasteiger partial charge in [-0.1, -0.05) is 19.1 Å². The highest BCUT2D eigenvalue weighted by atomic mass is 16.5. The van der Waals surface area contributed by atoms with Gasteiger partial charge < -0.3 is 10.5 Å². The van der Waals surface area contributed by atoms with Gasteiger partial charge in [0.1, 0.15) is 5.75 Å². The fraction of sp³-hybridized carbons (Fsp3) is 0.533. The second kappa shape index (κ2) is 5.53. The van der Waals surface area contributed by atoms with Crippen LogP contribution in [-0.4, -0.2) is 17.9 Å². The van der Waals surface area contributed by atoms with E-state index in [2.05, 4.69) is 0 Å². The lowest BCUT2D eigenvalue weighted by atomic mass is 9.74. The van der Waals surface area contributed by atoms with Crippen LogP contribution in [0.25, 0.3) is 0 Å². The summed E-state index contributed by atoms with van der Waals surface area (Å²) in [5.41, 5.74) is 6.53. The molecule has 0 amide bonds. The van der Waals surface area contributed by atoms with Crippen molar-refractivity contribution in [3.8, 4) is 5.75 Å². The summed E-state index contributed by atoms with van der Waals surface area (Å²) in [6.07, 6.45) is 4.41. The summed E-state index contributed by atoms with van der Waals surface area (Å²) in [5, 5.41) is 0. The minimum atomic E-state index is -0.269. The zero-order valence-electron chi connectivity index (χ0n) is 10.9. The number of ether oxygens (including phenoxy) is 1. The number of Topliss-reactive ketones (excluding diaryl/α,β-unsaturated/α-hetero) is 1. The van der Waals surface area contributed by atoms with Crippen molar-refractivity contribution >= 4 is 5.78 Å². The third kappa shape index (κ3) is 2.91. The topological polar surface area (TPSA) is 52.3 Å². The quantitative estimate of drug-likeness (QED) is 0.786. The monoisotopic (exact) mass is 247 g/mol. The third-order valence-corrected chi connectivity index (χ3v) is 3.51. The van der Waals surface area contributed by atoms with Crippen LogP contribution in [0.4, 0.5) is 0 Å². The maximum Gasteiger partial charge on any atom is 0.168 e. The maximum atomic E-state index is 12.3. The fourth-order valence-corrected chi connectivity index (χ4v) is 2.26. The Bertz CT molecular complexity index is 424. The Balaban J connectivity index is 2.08. The van der Waals surface area contributed by atoms with Crippen molar-refractivity contribution in [2.75, 3.05) is 6.61 Å². The summed E-state index contributed by atoms with van der Waals surface area (Å²) < 4.78 is 5.61. The number of hydrogen-bond donors (Lipinski definition) is 1. The van der Waals surface area contributed by atoms with Gasteiger partial charge in [0.25, 0.3) is 0 Å². The predicted octanol–water partition coefficient (Wildman–Crippen LogP) is 2.93.